The normalized spacial score (nSPS) is 12.7. The highest BCUT2D eigenvalue weighted by Gasteiger charge is 2.21. The Bertz CT molecular complexity index is 1810. The van der Waals surface area contributed by atoms with Crippen molar-refractivity contribution in [3.8, 4) is 45.8 Å². The number of carbonyl (C=O) groups excluding carboxylic acids is 1. The molecule has 0 unspecified atom stereocenters. The van der Waals surface area contributed by atoms with E-state index in [1.54, 1.807) is 37.8 Å². The summed E-state index contributed by atoms with van der Waals surface area (Å²) in [6.45, 7) is 2.80. The lowest BCUT2D eigenvalue weighted by atomic mass is 9.98. The van der Waals surface area contributed by atoms with Gasteiger partial charge in [-0.25, -0.2) is 4.79 Å². The Morgan fingerprint density at radius 1 is 0.891 bits per heavy atom. The van der Waals surface area contributed by atoms with Gasteiger partial charge >= 0.3 is 6.09 Å². The summed E-state index contributed by atoms with van der Waals surface area (Å²) in [7, 11) is 6.39. The van der Waals surface area contributed by atoms with Crippen LogP contribution in [0.4, 0.5) is 10.5 Å². The van der Waals surface area contributed by atoms with E-state index in [0.29, 0.717) is 28.5 Å². The number of fused-ring (bicyclic) bond motifs is 1. The van der Waals surface area contributed by atoms with Crippen molar-refractivity contribution < 1.29 is 28.5 Å². The molecule has 13 heteroatoms. The monoisotopic (exact) mass is 642 g/mol. The summed E-state index contributed by atoms with van der Waals surface area (Å²) in [5.41, 5.74) is 5.42. The van der Waals surface area contributed by atoms with Gasteiger partial charge in [-0.1, -0.05) is 12.1 Å². The summed E-state index contributed by atoms with van der Waals surface area (Å²) in [4.78, 5) is 16.6. The first-order valence-corrected chi connectivity index (χ1v) is 15.5. The molecule has 0 saturated carbocycles. The Balaban J connectivity index is 1.14. The van der Waals surface area contributed by atoms with Gasteiger partial charge in [0.1, 0.15) is 5.75 Å². The number of hydrogen-bond acceptors (Lipinski definition) is 11. The molecular weight excluding hydrogens is 608 g/mol. The zero-order valence-corrected chi connectivity index (χ0v) is 26.8. The van der Waals surface area contributed by atoms with Crippen molar-refractivity contribution in [1.82, 2.24) is 25.1 Å². The quantitative estimate of drug-likeness (QED) is 0.194. The van der Waals surface area contributed by atoms with Gasteiger partial charge < -0.3 is 23.7 Å². The second kappa shape index (κ2) is 13.9. The average molecular weight is 643 g/mol. The molecule has 6 rings (SSSR count). The van der Waals surface area contributed by atoms with Crippen LogP contribution >= 0.6 is 11.3 Å². The number of carbonyl (C=O) groups is 1. The fraction of sp³-hybridized carbons (Fsp3) is 0.273. The number of nitrogens with zero attached hydrogens (tertiary/aromatic N) is 5. The first-order chi connectivity index (χ1) is 22.5. The van der Waals surface area contributed by atoms with Gasteiger partial charge in [0.25, 0.3) is 0 Å². The number of nitrogens with one attached hydrogen (secondary N) is 1. The number of methoxy groups -OCH3 is 4. The van der Waals surface area contributed by atoms with E-state index in [4.69, 9.17) is 23.7 Å². The minimum Gasteiger partial charge on any atom is -0.493 e. The summed E-state index contributed by atoms with van der Waals surface area (Å²) in [6.07, 6.45) is 1.21. The molecule has 0 atom stereocenters. The molecular formula is C33H34N6O6S. The molecule has 0 radical (unpaired) electrons. The van der Waals surface area contributed by atoms with Gasteiger partial charge in [0.05, 0.1) is 45.4 Å². The topological polar surface area (TPSA) is 122 Å². The second-order valence-electron chi connectivity index (χ2n) is 10.5. The fourth-order valence-corrected chi connectivity index (χ4v) is 5.92. The van der Waals surface area contributed by atoms with Crippen molar-refractivity contribution in [2.45, 2.75) is 19.4 Å². The Morgan fingerprint density at radius 2 is 1.59 bits per heavy atom. The molecule has 0 spiro atoms. The van der Waals surface area contributed by atoms with E-state index in [1.165, 1.54) is 47.0 Å². The standard InChI is InChI=1S/C33H34N6O6S/c1-41-28-15-22-10-13-38(19-23(22)16-29(28)42-2)12-9-21-5-7-24(8-6-21)39-36-32(35-37-39)26-17-30(43-3)31(44-4)18-27(26)34-33(40)45-25-11-14-46-20-25/h5-8,11,14-18,20H,9-10,12-13,19H2,1-4H3,(H,34,40). The molecule has 1 N–H and O–H groups in total. The van der Waals surface area contributed by atoms with Gasteiger partial charge in [-0.05, 0) is 76.5 Å². The highest BCUT2D eigenvalue weighted by molar-refractivity contribution is 7.08. The molecule has 238 valence electrons. The SMILES string of the molecule is COc1cc2c(cc1OC)CN(CCc1ccc(-n3nnc(-c4cc(OC)c(OC)cc4NC(=O)Oc4ccsc4)n3)cc1)CC2. The minimum absolute atomic E-state index is 0.287. The largest absolute Gasteiger partial charge is 0.493 e. The lowest BCUT2D eigenvalue weighted by molar-refractivity contribution is 0.215. The fourth-order valence-electron chi connectivity index (χ4n) is 5.37. The van der Waals surface area contributed by atoms with Crippen LogP contribution in [0.15, 0.2) is 65.4 Å². The van der Waals surface area contributed by atoms with E-state index in [0.717, 1.165) is 49.7 Å². The maximum absolute atomic E-state index is 12.7. The van der Waals surface area contributed by atoms with Gasteiger partial charge in [-0.15, -0.1) is 26.3 Å². The first kappa shape index (κ1) is 30.9. The van der Waals surface area contributed by atoms with E-state index in [1.807, 2.05) is 17.5 Å². The van der Waals surface area contributed by atoms with Crippen LogP contribution in [0.5, 0.6) is 28.7 Å². The van der Waals surface area contributed by atoms with Crippen LogP contribution in [-0.4, -0.2) is 72.7 Å². The molecule has 0 bridgehead atoms. The smallest absolute Gasteiger partial charge is 0.417 e. The average Bonchev–Trinajstić information content (AvgIpc) is 3.79. The number of amides is 1. The molecule has 46 heavy (non-hydrogen) atoms. The van der Waals surface area contributed by atoms with Gasteiger partial charge in [-0.3, -0.25) is 10.2 Å². The lowest BCUT2D eigenvalue weighted by Crippen LogP contribution is -2.32. The van der Waals surface area contributed by atoms with Crippen LogP contribution < -0.4 is 29.0 Å². The van der Waals surface area contributed by atoms with Crippen LogP contribution in [0.2, 0.25) is 0 Å². The van der Waals surface area contributed by atoms with Crippen LogP contribution in [0.3, 0.4) is 0 Å². The number of thiophene rings is 1. The minimum atomic E-state index is -0.663. The molecule has 0 saturated heterocycles. The molecule has 3 heterocycles. The molecule has 0 aliphatic carbocycles. The maximum Gasteiger partial charge on any atom is 0.417 e. The van der Waals surface area contributed by atoms with Crippen molar-refractivity contribution in [2.24, 2.45) is 0 Å². The molecule has 3 aromatic carbocycles. The zero-order chi connectivity index (χ0) is 32.0. The van der Waals surface area contributed by atoms with Crippen molar-refractivity contribution in [2.75, 3.05) is 46.8 Å². The molecule has 0 fully saturated rings. The van der Waals surface area contributed by atoms with Crippen LogP contribution in [0.25, 0.3) is 17.1 Å². The third-order valence-corrected chi connectivity index (χ3v) is 8.46. The van der Waals surface area contributed by atoms with E-state index < -0.39 is 6.09 Å². The van der Waals surface area contributed by atoms with Crippen LogP contribution in [0, 0.1) is 0 Å². The summed E-state index contributed by atoms with van der Waals surface area (Å²) in [5, 5.41) is 19.5. The van der Waals surface area contributed by atoms with Gasteiger partial charge in [-0.2, -0.15) is 0 Å². The van der Waals surface area contributed by atoms with E-state index in [9.17, 15) is 4.79 Å². The van der Waals surface area contributed by atoms with Crippen molar-refractivity contribution >= 4 is 23.1 Å². The maximum atomic E-state index is 12.7. The van der Waals surface area contributed by atoms with Crippen molar-refractivity contribution in [3.63, 3.8) is 0 Å². The third-order valence-electron chi connectivity index (χ3n) is 7.80. The molecule has 1 aliphatic heterocycles. The zero-order valence-electron chi connectivity index (χ0n) is 26.0. The molecule has 12 nitrogen and oxygen atoms in total. The van der Waals surface area contributed by atoms with Crippen molar-refractivity contribution in [1.29, 1.82) is 0 Å². The predicted octanol–water partition coefficient (Wildman–Crippen LogP) is 5.64. The van der Waals surface area contributed by atoms with E-state index in [-0.39, 0.29) is 5.82 Å². The Labute approximate surface area is 270 Å². The third kappa shape index (κ3) is 6.75. The number of rotatable bonds is 11. The Kier molecular flexibility index (Phi) is 9.31. The molecule has 1 amide bonds. The number of hydrogen-bond donors (Lipinski definition) is 1. The van der Waals surface area contributed by atoms with Crippen LogP contribution in [0.1, 0.15) is 16.7 Å². The summed E-state index contributed by atoms with van der Waals surface area (Å²) >= 11 is 1.43. The molecule has 5 aromatic rings. The second-order valence-corrected chi connectivity index (χ2v) is 11.3. The molecule has 2 aromatic heterocycles. The number of anilines is 1. The number of tetrazole rings is 1. The van der Waals surface area contributed by atoms with Gasteiger partial charge in [0.2, 0.25) is 5.82 Å². The highest BCUT2D eigenvalue weighted by atomic mass is 32.1. The van der Waals surface area contributed by atoms with Crippen LogP contribution in [-0.2, 0) is 19.4 Å². The predicted molar refractivity (Wildman–Crippen MR) is 174 cm³/mol. The van der Waals surface area contributed by atoms with E-state index >= 15 is 0 Å². The lowest BCUT2D eigenvalue weighted by Gasteiger charge is -2.29. The number of ether oxygens (including phenoxy) is 5. The highest BCUT2D eigenvalue weighted by Crippen LogP contribution is 2.38. The van der Waals surface area contributed by atoms with E-state index in [2.05, 4.69) is 49.9 Å². The molecule has 1 aliphatic rings. The van der Waals surface area contributed by atoms with Crippen molar-refractivity contribution in [3.05, 3.63) is 82.0 Å². The first-order valence-electron chi connectivity index (χ1n) is 14.6. The number of benzene rings is 3. The Hall–Kier alpha value is -5.14. The number of aromatic nitrogens is 4. The summed E-state index contributed by atoms with van der Waals surface area (Å²) in [5.74, 6) is 3.15. The van der Waals surface area contributed by atoms with Gasteiger partial charge in [0.15, 0.2) is 23.0 Å². The summed E-state index contributed by atoms with van der Waals surface area (Å²) in [6, 6.07) is 17.3. The Morgan fingerprint density at radius 3 is 2.28 bits per heavy atom. The van der Waals surface area contributed by atoms with Gasteiger partial charge in [0, 0.05) is 31.1 Å². The summed E-state index contributed by atoms with van der Waals surface area (Å²) < 4.78 is 27.3.